The predicted molar refractivity (Wildman–Crippen MR) is 125 cm³/mol. The molecule has 0 spiro atoms. The molecular formula is C20H22ClN5O4S2. The fourth-order valence-electron chi connectivity index (χ4n) is 3.50. The Labute approximate surface area is 194 Å². The number of nitrogens with zero attached hydrogens (tertiary/aromatic N) is 3. The number of carbonyl (C=O) groups excluding carboxylic acids is 1. The summed E-state index contributed by atoms with van der Waals surface area (Å²) in [7, 11) is -3.47. The van der Waals surface area contributed by atoms with Gasteiger partial charge < -0.3 is 10.1 Å². The van der Waals surface area contributed by atoms with Crippen molar-refractivity contribution < 1.29 is 17.9 Å². The molecule has 2 aromatic heterocycles. The van der Waals surface area contributed by atoms with Gasteiger partial charge in [-0.3, -0.25) is 9.52 Å². The van der Waals surface area contributed by atoms with Crippen molar-refractivity contribution >= 4 is 50.2 Å². The number of anilines is 2. The van der Waals surface area contributed by atoms with E-state index in [1.54, 1.807) is 12.1 Å². The van der Waals surface area contributed by atoms with Crippen molar-refractivity contribution in [3.63, 3.8) is 0 Å². The van der Waals surface area contributed by atoms with Crippen LogP contribution in [0, 0.1) is 6.92 Å². The molecule has 1 amide bonds. The molecule has 170 valence electrons. The highest BCUT2D eigenvalue weighted by atomic mass is 35.5. The third kappa shape index (κ3) is 5.47. The zero-order chi connectivity index (χ0) is 22.9. The SMILES string of the molecule is Cc1sc(C(=O)Nc2cc(Cl)cc(NS(C)(=O)=O)c2)cc1-c1cn(C2CCOCC2)nn1. The van der Waals surface area contributed by atoms with Crippen molar-refractivity contribution in [2.75, 3.05) is 29.5 Å². The van der Waals surface area contributed by atoms with Gasteiger partial charge in [-0.05, 0) is 44.0 Å². The van der Waals surface area contributed by atoms with Gasteiger partial charge in [-0.15, -0.1) is 16.4 Å². The van der Waals surface area contributed by atoms with Gasteiger partial charge in [0, 0.05) is 34.4 Å². The number of amides is 1. The molecule has 2 N–H and O–H groups in total. The monoisotopic (exact) mass is 495 g/mol. The lowest BCUT2D eigenvalue weighted by molar-refractivity contribution is 0.0657. The maximum absolute atomic E-state index is 12.8. The van der Waals surface area contributed by atoms with Crippen LogP contribution in [0.3, 0.4) is 0 Å². The second-order valence-electron chi connectivity index (χ2n) is 7.56. The number of aryl methyl sites for hydroxylation is 1. The Morgan fingerprint density at radius 3 is 2.66 bits per heavy atom. The fourth-order valence-corrected chi connectivity index (χ4v) is 5.21. The molecule has 0 radical (unpaired) electrons. The molecule has 1 saturated heterocycles. The molecule has 9 nitrogen and oxygen atoms in total. The van der Waals surface area contributed by atoms with Crippen LogP contribution in [0.15, 0.2) is 30.5 Å². The minimum Gasteiger partial charge on any atom is -0.381 e. The molecule has 1 aliphatic rings. The highest BCUT2D eigenvalue weighted by Gasteiger charge is 2.20. The topological polar surface area (TPSA) is 115 Å². The van der Waals surface area contributed by atoms with Crippen molar-refractivity contribution in [2.45, 2.75) is 25.8 Å². The molecule has 1 fully saturated rings. The first-order chi connectivity index (χ1) is 15.2. The number of ether oxygens (including phenoxy) is 1. The number of rotatable bonds is 6. The van der Waals surface area contributed by atoms with E-state index in [2.05, 4.69) is 20.4 Å². The Hall–Kier alpha value is -2.47. The van der Waals surface area contributed by atoms with Crippen molar-refractivity contribution in [3.8, 4) is 11.3 Å². The van der Waals surface area contributed by atoms with E-state index in [1.165, 1.54) is 23.5 Å². The van der Waals surface area contributed by atoms with Gasteiger partial charge in [0.2, 0.25) is 10.0 Å². The summed E-state index contributed by atoms with van der Waals surface area (Å²) in [5, 5.41) is 11.6. The number of thiophene rings is 1. The van der Waals surface area contributed by atoms with E-state index >= 15 is 0 Å². The molecule has 3 heterocycles. The third-order valence-electron chi connectivity index (χ3n) is 4.95. The lowest BCUT2D eigenvalue weighted by atomic mass is 10.1. The number of benzene rings is 1. The molecule has 0 atom stereocenters. The Morgan fingerprint density at radius 1 is 1.22 bits per heavy atom. The maximum atomic E-state index is 12.8. The van der Waals surface area contributed by atoms with E-state index in [-0.39, 0.29) is 17.6 Å². The zero-order valence-electron chi connectivity index (χ0n) is 17.5. The summed E-state index contributed by atoms with van der Waals surface area (Å²) >= 11 is 7.42. The second-order valence-corrected chi connectivity index (χ2v) is 11.0. The van der Waals surface area contributed by atoms with Crippen molar-refractivity contribution in [3.05, 3.63) is 45.2 Å². The zero-order valence-corrected chi connectivity index (χ0v) is 19.9. The second kappa shape index (κ2) is 9.18. The Kier molecular flexibility index (Phi) is 6.52. The number of aromatic nitrogens is 3. The van der Waals surface area contributed by atoms with Gasteiger partial charge in [0.15, 0.2) is 0 Å². The third-order valence-corrected chi connectivity index (χ3v) is 6.83. The summed E-state index contributed by atoms with van der Waals surface area (Å²) in [6.45, 7) is 3.36. The van der Waals surface area contributed by atoms with Crippen LogP contribution in [0.4, 0.5) is 11.4 Å². The summed E-state index contributed by atoms with van der Waals surface area (Å²) in [6, 6.07) is 6.57. The van der Waals surface area contributed by atoms with Gasteiger partial charge in [-0.2, -0.15) is 0 Å². The molecule has 0 saturated carbocycles. The molecular weight excluding hydrogens is 474 g/mol. The minimum atomic E-state index is -3.47. The summed E-state index contributed by atoms with van der Waals surface area (Å²) in [5.74, 6) is -0.325. The first-order valence-electron chi connectivity index (χ1n) is 9.88. The number of halogens is 1. The normalized spacial score (nSPS) is 15.0. The standard InChI is InChI=1S/C20H22ClN5O4S2/c1-12-17(18-11-26(25-23-18)16-3-5-30-6-4-16)10-19(31-12)20(27)22-14-7-13(21)8-15(9-14)24-32(2,28)29/h7-11,16,24H,3-6H2,1-2H3,(H,22,27). The lowest BCUT2D eigenvalue weighted by Crippen LogP contribution is -2.19. The fraction of sp³-hybridized carbons (Fsp3) is 0.350. The summed E-state index contributed by atoms with van der Waals surface area (Å²) in [5.41, 5.74) is 2.21. The maximum Gasteiger partial charge on any atom is 0.265 e. The van der Waals surface area contributed by atoms with Crippen LogP contribution in [-0.4, -0.2) is 48.8 Å². The molecule has 0 aliphatic carbocycles. The summed E-state index contributed by atoms with van der Waals surface area (Å²) in [4.78, 5) is 14.3. The van der Waals surface area contributed by atoms with Crippen molar-refractivity contribution in [1.82, 2.24) is 15.0 Å². The lowest BCUT2D eigenvalue weighted by Gasteiger charge is -2.21. The molecule has 1 aliphatic heterocycles. The summed E-state index contributed by atoms with van der Waals surface area (Å²) in [6.07, 6.45) is 4.75. The van der Waals surface area contributed by atoms with Crippen LogP contribution in [0.2, 0.25) is 5.02 Å². The quantitative estimate of drug-likeness (QED) is 0.535. The molecule has 32 heavy (non-hydrogen) atoms. The van der Waals surface area contributed by atoms with Gasteiger partial charge >= 0.3 is 0 Å². The van der Waals surface area contributed by atoms with Gasteiger partial charge in [-0.1, -0.05) is 16.8 Å². The summed E-state index contributed by atoms with van der Waals surface area (Å²) < 4.78 is 32.6. The highest BCUT2D eigenvalue weighted by Crippen LogP contribution is 2.32. The van der Waals surface area contributed by atoms with Gasteiger partial charge in [0.05, 0.1) is 29.1 Å². The number of hydrogen-bond donors (Lipinski definition) is 2. The van der Waals surface area contributed by atoms with Gasteiger partial charge in [-0.25, -0.2) is 13.1 Å². The molecule has 3 aromatic rings. The molecule has 0 bridgehead atoms. The Bertz CT molecular complexity index is 1250. The molecule has 4 rings (SSSR count). The van der Waals surface area contributed by atoms with E-state index in [4.69, 9.17) is 16.3 Å². The van der Waals surface area contributed by atoms with E-state index in [0.717, 1.165) is 29.5 Å². The number of carbonyl (C=O) groups is 1. The average Bonchev–Trinajstić information content (AvgIpc) is 3.33. The molecule has 12 heteroatoms. The first-order valence-corrected chi connectivity index (χ1v) is 13.0. The average molecular weight is 496 g/mol. The van der Waals surface area contributed by atoms with Gasteiger partial charge in [0.1, 0.15) is 5.69 Å². The van der Waals surface area contributed by atoms with Crippen LogP contribution in [0.25, 0.3) is 11.3 Å². The van der Waals surface area contributed by atoms with Gasteiger partial charge in [0.25, 0.3) is 5.91 Å². The smallest absolute Gasteiger partial charge is 0.265 e. The van der Waals surface area contributed by atoms with E-state index in [9.17, 15) is 13.2 Å². The van der Waals surface area contributed by atoms with E-state index in [1.807, 2.05) is 17.8 Å². The van der Waals surface area contributed by atoms with Crippen molar-refractivity contribution in [1.29, 1.82) is 0 Å². The van der Waals surface area contributed by atoms with Crippen LogP contribution in [0.5, 0.6) is 0 Å². The minimum absolute atomic E-state index is 0.267. The van der Waals surface area contributed by atoms with Crippen molar-refractivity contribution in [2.24, 2.45) is 0 Å². The van der Waals surface area contributed by atoms with E-state index < -0.39 is 10.0 Å². The van der Waals surface area contributed by atoms with Crippen LogP contribution in [0.1, 0.15) is 33.4 Å². The highest BCUT2D eigenvalue weighted by molar-refractivity contribution is 7.92. The van der Waals surface area contributed by atoms with Crippen LogP contribution in [-0.2, 0) is 14.8 Å². The number of hydrogen-bond acceptors (Lipinski definition) is 7. The molecule has 0 unspecified atom stereocenters. The Balaban J connectivity index is 1.52. The number of sulfonamides is 1. The first kappa shape index (κ1) is 22.7. The Morgan fingerprint density at radius 2 is 1.94 bits per heavy atom. The molecule has 1 aromatic carbocycles. The largest absolute Gasteiger partial charge is 0.381 e. The van der Waals surface area contributed by atoms with E-state index in [0.29, 0.717) is 34.5 Å². The van der Waals surface area contributed by atoms with Crippen LogP contribution < -0.4 is 10.0 Å². The van der Waals surface area contributed by atoms with Crippen LogP contribution >= 0.6 is 22.9 Å². The predicted octanol–water partition coefficient (Wildman–Crippen LogP) is 3.94. The number of nitrogens with one attached hydrogen (secondary N) is 2.